The zero-order chi connectivity index (χ0) is 11.4. The van der Waals surface area contributed by atoms with Gasteiger partial charge in [0.1, 0.15) is 12.6 Å². The smallest absolute Gasteiger partial charge is 0.249 e. The van der Waals surface area contributed by atoms with Crippen LogP contribution in [0.4, 0.5) is 0 Å². The number of carbonyl (C=O) groups is 3. The average Bonchev–Trinajstić information content (AvgIpc) is 2.19. The Kier molecular flexibility index (Phi) is 3.82. The minimum atomic E-state index is -0.535. The van der Waals surface area contributed by atoms with E-state index >= 15 is 0 Å². The molecule has 1 aliphatic rings. The van der Waals surface area contributed by atoms with Gasteiger partial charge in [-0.15, -0.1) is 0 Å². The van der Waals surface area contributed by atoms with Gasteiger partial charge in [0.25, 0.3) is 0 Å². The zero-order valence-electron chi connectivity index (χ0n) is 9.08. The van der Waals surface area contributed by atoms with E-state index in [1.807, 2.05) is 6.92 Å². The molecule has 0 aromatic rings. The molecule has 1 unspecified atom stereocenters. The van der Waals surface area contributed by atoms with Gasteiger partial charge in [0, 0.05) is 6.42 Å². The number of nitrogens with zero attached hydrogens (tertiary/aromatic N) is 1. The van der Waals surface area contributed by atoms with Crippen LogP contribution in [0.3, 0.4) is 0 Å². The maximum Gasteiger partial charge on any atom is 0.249 e. The van der Waals surface area contributed by atoms with Crippen molar-refractivity contribution in [2.24, 2.45) is 0 Å². The predicted molar refractivity (Wildman–Crippen MR) is 53.8 cm³/mol. The van der Waals surface area contributed by atoms with Crippen molar-refractivity contribution in [3.63, 3.8) is 0 Å². The van der Waals surface area contributed by atoms with Crippen LogP contribution in [0.5, 0.6) is 0 Å². The lowest BCUT2D eigenvalue weighted by atomic mass is 10.1. The molecule has 84 valence electrons. The van der Waals surface area contributed by atoms with Crippen LogP contribution >= 0.6 is 0 Å². The molecule has 3 amide bonds. The summed E-state index contributed by atoms with van der Waals surface area (Å²) in [4.78, 5) is 35.3. The van der Waals surface area contributed by atoms with E-state index in [1.54, 1.807) is 6.92 Å². The Balaban J connectivity index is 2.62. The molecular formula is C10H16N2O3. The van der Waals surface area contributed by atoms with E-state index in [0.717, 1.165) is 12.8 Å². The summed E-state index contributed by atoms with van der Waals surface area (Å²) in [5, 5.41) is 2.20. The Morgan fingerprint density at radius 2 is 2.20 bits per heavy atom. The SMILES string of the molecule is CCCCC(=O)N1CC(=O)NC(=O)C1C. The van der Waals surface area contributed by atoms with Crippen LogP contribution in [0, 0.1) is 0 Å². The Morgan fingerprint density at radius 1 is 1.53 bits per heavy atom. The van der Waals surface area contributed by atoms with Crippen LogP contribution in [0.15, 0.2) is 0 Å². The molecule has 1 atom stereocenters. The summed E-state index contributed by atoms with van der Waals surface area (Å²) < 4.78 is 0. The number of nitrogens with one attached hydrogen (secondary N) is 1. The van der Waals surface area contributed by atoms with Crippen molar-refractivity contribution in [1.29, 1.82) is 0 Å². The standard InChI is InChI=1S/C10H16N2O3/c1-3-4-5-9(14)12-6-8(13)11-10(15)7(12)2/h7H,3-6H2,1-2H3,(H,11,13,15). The molecule has 0 bridgehead atoms. The van der Waals surface area contributed by atoms with Gasteiger partial charge in [-0.1, -0.05) is 13.3 Å². The largest absolute Gasteiger partial charge is 0.322 e. The van der Waals surface area contributed by atoms with Crippen molar-refractivity contribution in [2.75, 3.05) is 6.54 Å². The summed E-state index contributed by atoms with van der Waals surface area (Å²) in [6.07, 6.45) is 2.12. The van der Waals surface area contributed by atoms with Crippen LogP contribution in [-0.2, 0) is 14.4 Å². The summed E-state index contributed by atoms with van der Waals surface area (Å²) in [7, 11) is 0. The third kappa shape index (κ3) is 2.78. The van der Waals surface area contributed by atoms with Gasteiger partial charge in [-0.3, -0.25) is 19.7 Å². The predicted octanol–water partition coefficient (Wildman–Crippen LogP) is 0.0501. The molecule has 1 heterocycles. The molecule has 0 spiro atoms. The highest BCUT2D eigenvalue weighted by Crippen LogP contribution is 2.08. The second kappa shape index (κ2) is 4.91. The van der Waals surface area contributed by atoms with Crippen LogP contribution in [0.25, 0.3) is 0 Å². The van der Waals surface area contributed by atoms with Crippen molar-refractivity contribution in [3.05, 3.63) is 0 Å². The van der Waals surface area contributed by atoms with Crippen LogP contribution in [0.2, 0.25) is 0 Å². The van der Waals surface area contributed by atoms with Crippen LogP contribution < -0.4 is 5.32 Å². The molecule has 0 aromatic heterocycles. The first-order valence-corrected chi connectivity index (χ1v) is 5.19. The maximum atomic E-state index is 11.7. The van der Waals surface area contributed by atoms with Crippen molar-refractivity contribution < 1.29 is 14.4 Å². The van der Waals surface area contributed by atoms with Crippen LogP contribution in [0.1, 0.15) is 33.1 Å². The number of amides is 3. The van der Waals surface area contributed by atoms with E-state index in [4.69, 9.17) is 0 Å². The van der Waals surface area contributed by atoms with E-state index in [-0.39, 0.29) is 12.5 Å². The van der Waals surface area contributed by atoms with Gasteiger partial charge in [-0.05, 0) is 13.3 Å². The fourth-order valence-electron chi connectivity index (χ4n) is 1.49. The third-order valence-corrected chi connectivity index (χ3v) is 2.49. The number of rotatable bonds is 3. The first-order chi connectivity index (χ1) is 7.06. The van der Waals surface area contributed by atoms with E-state index in [9.17, 15) is 14.4 Å². The Labute approximate surface area is 88.8 Å². The van der Waals surface area contributed by atoms with Gasteiger partial charge in [-0.25, -0.2) is 0 Å². The highest BCUT2D eigenvalue weighted by atomic mass is 16.2. The van der Waals surface area contributed by atoms with Crippen molar-refractivity contribution >= 4 is 17.7 Å². The van der Waals surface area contributed by atoms with Gasteiger partial charge in [0.05, 0.1) is 0 Å². The van der Waals surface area contributed by atoms with Crippen molar-refractivity contribution in [2.45, 2.75) is 39.2 Å². The molecule has 0 radical (unpaired) electrons. The average molecular weight is 212 g/mol. The molecule has 0 aliphatic carbocycles. The van der Waals surface area contributed by atoms with Crippen LogP contribution in [-0.4, -0.2) is 35.2 Å². The van der Waals surface area contributed by atoms with Gasteiger partial charge in [0.15, 0.2) is 0 Å². The lowest BCUT2D eigenvalue weighted by Crippen LogP contribution is -2.58. The lowest BCUT2D eigenvalue weighted by Gasteiger charge is -2.31. The Morgan fingerprint density at radius 3 is 2.80 bits per heavy atom. The van der Waals surface area contributed by atoms with E-state index in [0.29, 0.717) is 6.42 Å². The Hall–Kier alpha value is -1.39. The van der Waals surface area contributed by atoms with Crippen molar-refractivity contribution in [3.8, 4) is 0 Å². The zero-order valence-corrected chi connectivity index (χ0v) is 9.08. The molecule has 5 nitrogen and oxygen atoms in total. The van der Waals surface area contributed by atoms with Gasteiger partial charge in [-0.2, -0.15) is 0 Å². The summed E-state index contributed by atoms with van der Waals surface area (Å²) in [5.74, 6) is -0.911. The molecule has 5 heteroatoms. The van der Waals surface area contributed by atoms with E-state index in [2.05, 4.69) is 5.32 Å². The second-order valence-corrected chi connectivity index (χ2v) is 3.71. The van der Waals surface area contributed by atoms with Gasteiger partial charge >= 0.3 is 0 Å². The lowest BCUT2D eigenvalue weighted by molar-refractivity contribution is -0.149. The number of hydrogen-bond donors (Lipinski definition) is 1. The summed E-state index contributed by atoms with van der Waals surface area (Å²) in [6, 6.07) is -0.535. The molecule has 1 aliphatic heterocycles. The molecule has 1 fully saturated rings. The molecule has 1 rings (SSSR count). The fourth-order valence-corrected chi connectivity index (χ4v) is 1.49. The topological polar surface area (TPSA) is 66.5 Å². The fraction of sp³-hybridized carbons (Fsp3) is 0.700. The molecule has 1 saturated heterocycles. The summed E-state index contributed by atoms with van der Waals surface area (Å²) >= 11 is 0. The first-order valence-electron chi connectivity index (χ1n) is 5.19. The van der Waals surface area contributed by atoms with Gasteiger partial charge < -0.3 is 4.90 Å². The Bertz CT molecular complexity index is 288. The van der Waals surface area contributed by atoms with E-state index in [1.165, 1.54) is 4.90 Å². The summed E-state index contributed by atoms with van der Waals surface area (Å²) in [5.41, 5.74) is 0. The number of unbranched alkanes of at least 4 members (excludes halogenated alkanes) is 1. The molecule has 0 saturated carbocycles. The maximum absolute atomic E-state index is 11.7. The number of carbonyl (C=O) groups excluding carboxylic acids is 3. The van der Waals surface area contributed by atoms with Crippen molar-refractivity contribution in [1.82, 2.24) is 10.2 Å². The normalized spacial score (nSPS) is 21.5. The molecule has 0 aromatic carbocycles. The highest BCUT2D eigenvalue weighted by molar-refractivity contribution is 6.04. The summed E-state index contributed by atoms with van der Waals surface area (Å²) in [6.45, 7) is 3.62. The minimum Gasteiger partial charge on any atom is -0.322 e. The monoisotopic (exact) mass is 212 g/mol. The number of piperazine rings is 1. The van der Waals surface area contributed by atoms with Gasteiger partial charge in [0.2, 0.25) is 17.7 Å². The number of imide groups is 1. The third-order valence-electron chi connectivity index (χ3n) is 2.49. The highest BCUT2D eigenvalue weighted by Gasteiger charge is 2.32. The number of hydrogen-bond acceptors (Lipinski definition) is 3. The second-order valence-electron chi connectivity index (χ2n) is 3.71. The molecule has 15 heavy (non-hydrogen) atoms. The molecular weight excluding hydrogens is 196 g/mol. The van der Waals surface area contributed by atoms with E-state index < -0.39 is 17.9 Å². The minimum absolute atomic E-state index is 0.00451. The first kappa shape index (κ1) is 11.7. The quantitative estimate of drug-likeness (QED) is 0.672. The molecule has 1 N–H and O–H groups in total.